The van der Waals surface area contributed by atoms with Gasteiger partial charge in [-0.15, -0.1) is 0 Å². The number of ether oxygens (including phenoxy) is 1. The Morgan fingerprint density at radius 1 is 1.22 bits per heavy atom. The van der Waals surface area contributed by atoms with E-state index in [1.165, 1.54) is 0 Å². The average Bonchev–Trinajstić information content (AvgIpc) is 3.07. The van der Waals surface area contributed by atoms with Gasteiger partial charge in [0, 0.05) is 29.9 Å². The second-order valence-electron chi connectivity index (χ2n) is 7.22. The van der Waals surface area contributed by atoms with E-state index in [2.05, 4.69) is 19.2 Å². The first-order valence-electron chi connectivity index (χ1n) is 9.31. The van der Waals surface area contributed by atoms with Gasteiger partial charge < -0.3 is 15.0 Å². The fourth-order valence-corrected chi connectivity index (χ4v) is 3.44. The van der Waals surface area contributed by atoms with Crippen LogP contribution in [0.4, 0.5) is 11.4 Å². The molecule has 0 spiro atoms. The molecule has 5 heteroatoms. The van der Waals surface area contributed by atoms with Gasteiger partial charge in [0.05, 0.1) is 7.11 Å². The SMILES string of the molecule is COc1cc(C)c(C(=O)Nc2cccc(N3CCCC3=O)c2)cc1C(C)C. The summed E-state index contributed by atoms with van der Waals surface area (Å²) in [4.78, 5) is 26.6. The Balaban J connectivity index is 1.85. The summed E-state index contributed by atoms with van der Waals surface area (Å²) in [7, 11) is 1.64. The van der Waals surface area contributed by atoms with Crippen LogP contribution in [0.3, 0.4) is 0 Å². The lowest BCUT2D eigenvalue weighted by atomic mass is 9.96. The van der Waals surface area contributed by atoms with Crippen LogP contribution in [-0.4, -0.2) is 25.5 Å². The molecule has 27 heavy (non-hydrogen) atoms. The van der Waals surface area contributed by atoms with Crippen LogP contribution in [-0.2, 0) is 4.79 Å². The second-order valence-corrected chi connectivity index (χ2v) is 7.22. The Morgan fingerprint density at radius 2 is 2.00 bits per heavy atom. The molecular formula is C22H26N2O3. The van der Waals surface area contributed by atoms with Crippen molar-refractivity contribution in [1.29, 1.82) is 0 Å². The van der Waals surface area contributed by atoms with Gasteiger partial charge in [0.15, 0.2) is 0 Å². The number of hydrogen-bond acceptors (Lipinski definition) is 3. The highest BCUT2D eigenvalue weighted by Gasteiger charge is 2.22. The van der Waals surface area contributed by atoms with E-state index < -0.39 is 0 Å². The van der Waals surface area contributed by atoms with Crippen LogP contribution >= 0.6 is 0 Å². The van der Waals surface area contributed by atoms with Crippen LogP contribution in [0.2, 0.25) is 0 Å². The van der Waals surface area contributed by atoms with E-state index in [0.717, 1.165) is 35.5 Å². The molecule has 0 radical (unpaired) electrons. The van der Waals surface area contributed by atoms with E-state index in [1.807, 2.05) is 43.3 Å². The molecule has 1 N–H and O–H groups in total. The van der Waals surface area contributed by atoms with Crippen molar-refractivity contribution in [2.24, 2.45) is 0 Å². The lowest BCUT2D eigenvalue weighted by molar-refractivity contribution is -0.117. The van der Waals surface area contributed by atoms with Crippen molar-refractivity contribution >= 4 is 23.2 Å². The lowest BCUT2D eigenvalue weighted by Crippen LogP contribution is -2.23. The molecule has 0 bridgehead atoms. The summed E-state index contributed by atoms with van der Waals surface area (Å²) in [6.07, 6.45) is 1.46. The number of nitrogens with one attached hydrogen (secondary N) is 1. The van der Waals surface area contributed by atoms with Gasteiger partial charge >= 0.3 is 0 Å². The van der Waals surface area contributed by atoms with Gasteiger partial charge in [-0.25, -0.2) is 0 Å². The Kier molecular flexibility index (Phi) is 5.49. The summed E-state index contributed by atoms with van der Waals surface area (Å²) in [6.45, 7) is 6.78. The van der Waals surface area contributed by atoms with Crippen molar-refractivity contribution in [2.75, 3.05) is 23.9 Å². The van der Waals surface area contributed by atoms with Crippen LogP contribution in [0.25, 0.3) is 0 Å². The van der Waals surface area contributed by atoms with Gasteiger partial charge in [-0.05, 0) is 60.7 Å². The first-order chi connectivity index (χ1) is 12.9. The van der Waals surface area contributed by atoms with Gasteiger partial charge in [0.25, 0.3) is 5.91 Å². The molecule has 142 valence electrons. The van der Waals surface area contributed by atoms with Crippen LogP contribution in [0, 0.1) is 6.92 Å². The normalized spacial score (nSPS) is 14.0. The summed E-state index contributed by atoms with van der Waals surface area (Å²) in [5, 5.41) is 2.96. The topological polar surface area (TPSA) is 58.6 Å². The third-order valence-corrected chi connectivity index (χ3v) is 4.93. The number of rotatable bonds is 5. The predicted molar refractivity (Wildman–Crippen MR) is 108 cm³/mol. The monoisotopic (exact) mass is 366 g/mol. The zero-order chi connectivity index (χ0) is 19.6. The highest BCUT2D eigenvalue weighted by molar-refractivity contribution is 6.06. The molecule has 0 aromatic heterocycles. The van der Waals surface area contributed by atoms with Crippen molar-refractivity contribution in [3.63, 3.8) is 0 Å². The van der Waals surface area contributed by atoms with Crippen LogP contribution in [0.5, 0.6) is 5.75 Å². The molecule has 1 saturated heterocycles. The van der Waals surface area contributed by atoms with Crippen molar-refractivity contribution < 1.29 is 14.3 Å². The van der Waals surface area contributed by atoms with E-state index in [1.54, 1.807) is 12.0 Å². The fourth-order valence-electron chi connectivity index (χ4n) is 3.44. The van der Waals surface area contributed by atoms with Crippen LogP contribution in [0.15, 0.2) is 36.4 Å². The Bertz CT molecular complexity index is 874. The highest BCUT2D eigenvalue weighted by Crippen LogP contribution is 2.30. The number of hydrogen-bond donors (Lipinski definition) is 1. The molecule has 0 saturated carbocycles. The maximum absolute atomic E-state index is 12.9. The summed E-state index contributed by atoms with van der Waals surface area (Å²) in [6, 6.07) is 11.3. The summed E-state index contributed by atoms with van der Waals surface area (Å²) < 4.78 is 5.45. The van der Waals surface area contributed by atoms with Crippen LogP contribution in [0.1, 0.15) is 54.1 Å². The van der Waals surface area contributed by atoms with Crippen molar-refractivity contribution in [3.05, 3.63) is 53.1 Å². The lowest BCUT2D eigenvalue weighted by Gasteiger charge is -2.18. The molecule has 2 aromatic rings. The largest absolute Gasteiger partial charge is 0.496 e. The minimum atomic E-state index is -0.165. The van der Waals surface area contributed by atoms with Gasteiger partial charge in [-0.1, -0.05) is 19.9 Å². The molecule has 2 aromatic carbocycles. The molecule has 1 aliphatic heterocycles. The first-order valence-corrected chi connectivity index (χ1v) is 9.31. The fraction of sp³-hybridized carbons (Fsp3) is 0.364. The van der Waals surface area contributed by atoms with Crippen molar-refractivity contribution in [2.45, 2.75) is 39.5 Å². The smallest absolute Gasteiger partial charge is 0.255 e. The minimum absolute atomic E-state index is 0.131. The zero-order valence-electron chi connectivity index (χ0n) is 16.3. The Morgan fingerprint density at radius 3 is 2.63 bits per heavy atom. The van der Waals surface area contributed by atoms with E-state index in [9.17, 15) is 9.59 Å². The predicted octanol–water partition coefficient (Wildman–Crippen LogP) is 4.51. The van der Waals surface area contributed by atoms with Crippen molar-refractivity contribution in [1.82, 2.24) is 0 Å². The van der Waals surface area contributed by atoms with E-state index in [4.69, 9.17) is 4.74 Å². The number of nitrogens with zero attached hydrogens (tertiary/aromatic N) is 1. The number of amides is 2. The second kappa shape index (κ2) is 7.82. The average molecular weight is 366 g/mol. The molecule has 1 fully saturated rings. The first kappa shape index (κ1) is 19.0. The molecule has 0 aliphatic carbocycles. The molecule has 0 unspecified atom stereocenters. The Labute approximate surface area is 160 Å². The summed E-state index contributed by atoms with van der Waals surface area (Å²) in [5.41, 5.74) is 3.99. The summed E-state index contributed by atoms with van der Waals surface area (Å²) >= 11 is 0. The highest BCUT2D eigenvalue weighted by atomic mass is 16.5. The number of carbonyl (C=O) groups is 2. The van der Waals surface area contributed by atoms with E-state index in [0.29, 0.717) is 17.7 Å². The third kappa shape index (κ3) is 3.97. The number of aryl methyl sites for hydroxylation is 1. The maximum atomic E-state index is 12.9. The number of methoxy groups -OCH3 is 1. The molecule has 1 aliphatic rings. The van der Waals surface area contributed by atoms with Gasteiger partial charge in [0.1, 0.15) is 5.75 Å². The number of anilines is 2. The minimum Gasteiger partial charge on any atom is -0.496 e. The molecule has 5 nitrogen and oxygen atoms in total. The molecule has 3 rings (SSSR count). The number of carbonyl (C=O) groups excluding carboxylic acids is 2. The van der Waals surface area contributed by atoms with Gasteiger partial charge in [-0.2, -0.15) is 0 Å². The summed E-state index contributed by atoms with van der Waals surface area (Å²) in [5.74, 6) is 1.01. The number of benzene rings is 2. The van der Waals surface area contributed by atoms with Gasteiger partial charge in [0.2, 0.25) is 5.91 Å². The molecule has 0 atom stereocenters. The van der Waals surface area contributed by atoms with Gasteiger partial charge in [-0.3, -0.25) is 9.59 Å². The Hall–Kier alpha value is -2.82. The van der Waals surface area contributed by atoms with E-state index in [-0.39, 0.29) is 17.7 Å². The third-order valence-electron chi connectivity index (χ3n) is 4.93. The van der Waals surface area contributed by atoms with Crippen molar-refractivity contribution in [3.8, 4) is 5.75 Å². The van der Waals surface area contributed by atoms with E-state index >= 15 is 0 Å². The van der Waals surface area contributed by atoms with Crippen LogP contribution < -0.4 is 15.0 Å². The molecule has 1 heterocycles. The zero-order valence-corrected chi connectivity index (χ0v) is 16.3. The molecule has 2 amide bonds. The standard InChI is InChI=1S/C22H26N2O3/c1-14(2)18-13-19(15(3)11-20(18)27-4)22(26)23-16-7-5-8-17(12-16)24-10-6-9-21(24)25/h5,7-8,11-14H,6,9-10H2,1-4H3,(H,23,26). The molecular weight excluding hydrogens is 340 g/mol. The quantitative estimate of drug-likeness (QED) is 0.847. The maximum Gasteiger partial charge on any atom is 0.255 e.